The highest BCUT2D eigenvalue weighted by molar-refractivity contribution is 7.80. The van der Waals surface area contributed by atoms with E-state index in [1.54, 1.807) is 0 Å². The largest absolute Gasteiger partial charge is 0.337 e. The van der Waals surface area contributed by atoms with Crippen molar-refractivity contribution in [3.8, 4) is 0 Å². The van der Waals surface area contributed by atoms with Crippen LogP contribution in [0.4, 0.5) is 0 Å². The maximum atomic E-state index is 5.41. The smallest absolute Gasteiger partial charge is 0.150 e. The Balaban J connectivity index is 2.10. The quantitative estimate of drug-likeness (QED) is 0.400. The van der Waals surface area contributed by atoms with Crippen molar-refractivity contribution in [3.05, 3.63) is 0 Å². The number of hydrogen-bond acceptors (Lipinski definition) is 4. The fourth-order valence-electron chi connectivity index (χ4n) is 0.790. The van der Waals surface area contributed by atoms with E-state index < -0.39 is 0 Å². The Morgan fingerprint density at radius 1 is 1.80 bits per heavy atom. The maximum Gasteiger partial charge on any atom is 0.150 e. The van der Waals surface area contributed by atoms with Gasteiger partial charge in [-0.1, -0.05) is 6.92 Å². The van der Waals surface area contributed by atoms with Crippen molar-refractivity contribution in [2.24, 2.45) is 5.73 Å². The molecule has 3 N–H and O–H groups in total. The van der Waals surface area contributed by atoms with E-state index in [0.29, 0.717) is 6.04 Å². The third-order valence-corrected chi connectivity index (χ3v) is 2.08. The van der Waals surface area contributed by atoms with Gasteiger partial charge in [0.05, 0.1) is 0 Å². The molecule has 3 atom stereocenters. The zero-order valence-electron chi connectivity index (χ0n) is 6.08. The van der Waals surface area contributed by atoms with Crippen molar-refractivity contribution in [2.75, 3.05) is 5.75 Å². The molecule has 1 rings (SSSR count). The van der Waals surface area contributed by atoms with Gasteiger partial charge in [-0.05, 0) is 6.42 Å². The van der Waals surface area contributed by atoms with Crippen LogP contribution < -0.4 is 11.1 Å². The molecule has 0 aliphatic carbocycles. The van der Waals surface area contributed by atoms with Gasteiger partial charge < -0.3 is 10.5 Å². The predicted octanol–water partition coefficient (Wildman–Crippen LogP) is -0.0745. The summed E-state index contributed by atoms with van der Waals surface area (Å²) in [5, 5.41) is 3.22. The number of nitrogens with two attached hydrogens (primary N) is 1. The average Bonchev–Trinajstić information content (AvgIpc) is 2.62. The van der Waals surface area contributed by atoms with Gasteiger partial charge in [-0.2, -0.15) is 12.6 Å². The summed E-state index contributed by atoms with van der Waals surface area (Å²) < 4.78 is 4.98. The molecular weight excluding hydrogens is 148 g/mol. The molecule has 1 fully saturated rings. The van der Waals surface area contributed by atoms with Crippen LogP contribution in [-0.4, -0.2) is 24.3 Å². The fraction of sp³-hybridized carbons (Fsp3) is 1.00. The maximum absolute atomic E-state index is 5.41. The highest BCUT2D eigenvalue weighted by atomic mass is 32.1. The summed E-state index contributed by atoms with van der Waals surface area (Å²) in [5.74, 6) is 0.836. The van der Waals surface area contributed by atoms with Gasteiger partial charge in [-0.25, -0.2) is 0 Å². The molecule has 0 amide bonds. The Morgan fingerprint density at radius 2 is 2.40 bits per heavy atom. The number of epoxide rings is 1. The van der Waals surface area contributed by atoms with Gasteiger partial charge in [-0.3, -0.25) is 5.32 Å². The first-order valence-corrected chi connectivity index (χ1v) is 4.19. The summed E-state index contributed by atoms with van der Waals surface area (Å²) >= 11 is 4.17. The number of nitrogens with one attached hydrogen (secondary N) is 1. The van der Waals surface area contributed by atoms with E-state index in [1.165, 1.54) is 0 Å². The second kappa shape index (κ2) is 3.57. The second-order valence-electron chi connectivity index (χ2n) is 2.48. The number of rotatable bonds is 4. The van der Waals surface area contributed by atoms with Crippen LogP contribution >= 0.6 is 12.6 Å². The average molecular weight is 162 g/mol. The predicted molar refractivity (Wildman–Crippen MR) is 43.9 cm³/mol. The van der Waals surface area contributed by atoms with Gasteiger partial charge in [0, 0.05) is 11.8 Å². The molecule has 1 aliphatic rings. The van der Waals surface area contributed by atoms with Crippen molar-refractivity contribution < 1.29 is 4.74 Å². The van der Waals surface area contributed by atoms with E-state index in [0.717, 1.165) is 12.2 Å². The zero-order chi connectivity index (χ0) is 7.56. The van der Waals surface area contributed by atoms with E-state index in [-0.39, 0.29) is 12.5 Å². The molecule has 0 aromatic carbocycles. The molecular formula is C6H14N2OS. The normalized spacial score (nSPS) is 33.9. The minimum absolute atomic E-state index is 0.0806. The van der Waals surface area contributed by atoms with E-state index in [2.05, 4.69) is 24.9 Å². The standard InChI is InChI=1S/C6H14N2OS/c1-2-4(3-10)8-6-5(7)9-6/h4-6,8,10H,2-3,7H2,1H3/t4-,5?,6?/m0/s1. The lowest BCUT2D eigenvalue weighted by Crippen LogP contribution is -2.34. The van der Waals surface area contributed by atoms with Gasteiger partial charge in [0.15, 0.2) is 6.23 Å². The van der Waals surface area contributed by atoms with Crippen LogP contribution in [0.3, 0.4) is 0 Å². The van der Waals surface area contributed by atoms with Crippen LogP contribution in [0.1, 0.15) is 13.3 Å². The molecule has 1 aliphatic heterocycles. The third kappa shape index (κ3) is 2.12. The van der Waals surface area contributed by atoms with E-state index in [9.17, 15) is 0 Å². The molecule has 3 nitrogen and oxygen atoms in total. The highest BCUT2D eigenvalue weighted by Gasteiger charge is 2.35. The van der Waals surface area contributed by atoms with Gasteiger partial charge in [0.1, 0.15) is 6.23 Å². The van der Waals surface area contributed by atoms with Gasteiger partial charge in [0.25, 0.3) is 0 Å². The Bertz CT molecular complexity index is 108. The fourth-order valence-corrected chi connectivity index (χ4v) is 1.15. The van der Waals surface area contributed by atoms with E-state index in [4.69, 9.17) is 10.5 Å². The summed E-state index contributed by atoms with van der Waals surface area (Å²) in [6, 6.07) is 0.432. The van der Waals surface area contributed by atoms with E-state index in [1.807, 2.05) is 0 Å². The minimum Gasteiger partial charge on any atom is -0.337 e. The van der Waals surface area contributed by atoms with Gasteiger partial charge in [-0.15, -0.1) is 0 Å². The summed E-state index contributed by atoms with van der Waals surface area (Å²) in [4.78, 5) is 0. The summed E-state index contributed by atoms with van der Waals surface area (Å²) in [6.45, 7) is 2.11. The van der Waals surface area contributed by atoms with Crippen molar-refractivity contribution in [3.63, 3.8) is 0 Å². The molecule has 0 bridgehead atoms. The van der Waals surface area contributed by atoms with Gasteiger partial charge in [0.2, 0.25) is 0 Å². The van der Waals surface area contributed by atoms with Crippen LogP contribution in [0.5, 0.6) is 0 Å². The van der Waals surface area contributed by atoms with Crippen molar-refractivity contribution >= 4 is 12.6 Å². The SMILES string of the molecule is CC[C@@H](CS)NC1OC1N. The Morgan fingerprint density at radius 3 is 2.70 bits per heavy atom. The first-order valence-electron chi connectivity index (χ1n) is 3.56. The molecule has 0 aromatic heterocycles. The molecule has 0 radical (unpaired) electrons. The Hall–Kier alpha value is 0.230. The lowest BCUT2D eigenvalue weighted by Gasteiger charge is -2.10. The number of hydrogen-bond donors (Lipinski definition) is 3. The molecule has 10 heavy (non-hydrogen) atoms. The molecule has 0 aromatic rings. The highest BCUT2D eigenvalue weighted by Crippen LogP contribution is 2.13. The topological polar surface area (TPSA) is 50.6 Å². The molecule has 60 valence electrons. The van der Waals surface area contributed by atoms with Gasteiger partial charge >= 0.3 is 0 Å². The summed E-state index contributed by atoms with van der Waals surface area (Å²) in [6.07, 6.45) is 1.06. The second-order valence-corrected chi connectivity index (χ2v) is 2.84. The summed E-state index contributed by atoms with van der Waals surface area (Å²) in [7, 11) is 0. The molecule has 4 heteroatoms. The molecule has 0 saturated carbocycles. The van der Waals surface area contributed by atoms with Crippen molar-refractivity contribution in [1.29, 1.82) is 0 Å². The monoisotopic (exact) mass is 162 g/mol. The zero-order valence-corrected chi connectivity index (χ0v) is 6.97. The van der Waals surface area contributed by atoms with Crippen LogP contribution in [0.15, 0.2) is 0 Å². The van der Waals surface area contributed by atoms with E-state index >= 15 is 0 Å². The Kier molecular flexibility index (Phi) is 2.97. The first-order chi connectivity index (χ1) is 4.77. The van der Waals surface area contributed by atoms with Crippen LogP contribution in [-0.2, 0) is 4.74 Å². The molecule has 0 spiro atoms. The molecule has 1 heterocycles. The number of ether oxygens (including phenoxy) is 1. The van der Waals surface area contributed by atoms with Crippen molar-refractivity contribution in [2.45, 2.75) is 31.8 Å². The number of thiol groups is 1. The van der Waals surface area contributed by atoms with Crippen LogP contribution in [0, 0.1) is 0 Å². The Labute approximate surface area is 66.7 Å². The summed E-state index contributed by atoms with van der Waals surface area (Å²) in [5.41, 5.74) is 5.41. The van der Waals surface area contributed by atoms with Crippen LogP contribution in [0.2, 0.25) is 0 Å². The lowest BCUT2D eigenvalue weighted by molar-refractivity contribution is 0.330. The molecule has 1 saturated heterocycles. The lowest BCUT2D eigenvalue weighted by atomic mass is 10.2. The minimum atomic E-state index is -0.0890. The first kappa shape index (κ1) is 8.33. The van der Waals surface area contributed by atoms with Crippen LogP contribution in [0.25, 0.3) is 0 Å². The third-order valence-electron chi connectivity index (χ3n) is 1.64. The van der Waals surface area contributed by atoms with Crippen molar-refractivity contribution in [1.82, 2.24) is 5.32 Å². The molecule has 2 unspecified atom stereocenters.